The van der Waals surface area contributed by atoms with Gasteiger partial charge in [-0.3, -0.25) is 0 Å². The molecule has 0 unspecified atom stereocenters. The normalized spacial score (nSPS) is 11.1. The summed E-state index contributed by atoms with van der Waals surface area (Å²) in [6.07, 6.45) is 0.705. The van der Waals surface area contributed by atoms with Gasteiger partial charge >= 0.3 is 0 Å². The molecule has 0 N–H and O–H groups in total. The molecule has 1 aromatic carbocycles. The van der Waals surface area contributed by atoms with Gasteiger partial charge < -0.3 is 9.15 Å². The van der Waals surface area contributed by atoms with Crippen LogP contribution in [0.3, 0.4) is 0 Å². The molecule has 0 aliphatic heterocycles. The Morgan fingerprint density at radius 2 is 2.27 bits per heavy atom. The second kappa shape index (κ2) is 4.33. The molecule has 1 aromatic heterocycles. The first kappa shape index (κ1) is 10.6. The number of halogens is 1. The molecule has 80 valence electrons. The van der Waals surface area contributed by atoms with Crippen LogP contribution in [0.25, 0.3) is 11.1 Å². The smallest absolute Gasteiger partial charge is 0.197 e. The van der Waals surface area contributed by atoms with E-state index in [0.717, 1.165) is 21.5 Å². The van der Waals surface area contributed by atoms with Crippen LogP contribution in [0.5, 0.6) is 0 Å². The van der Waals surface area contributed by atoms with Crippen LogP contribution >= 0.6 is 15.9 Å². The predicted octanol–water partition coefficient (Wildman–Crippen LogP) is 3.09. The van der Waals surface area contributed by atoms with E-state index in [1.165, 1.54) is 5.56 Å². The maximum Gasteiger partial charge on any atom is 0.197 e. The summed E-state index contributed by atoms with van der Waals surface area (Å²) in [5.74, 6) is 0.721. The zero-order valence-electron chi connectivity index (χ0n) is 8.71. The molecule has 0 aliphatic carbocycles. The van der Waals surface area contributed by atoms with Crippen LogP contribution in [0.2, 0.25) is 0 Å². The van der Waals surface area contributed by atoms with Crippen molar-refractivity contribution in [2.75, 3.05) is 13.7 Å². The van der Waals surface area contributed by atoms with Crippen molar-refractivity contribution in [3.8, 4) is 0 Å². The van der Waals surface area contributed by atoms with Gasteiger partial charge in [0.05, 0.1) is 11.1 Å². The van der Waals surface area contributed by atoms with Gasteiger partial charge in [0.1, 0.15) is 5.52 Å². The third kappa shape index (κ3) is 2.21. The molecule has 0 bridgehead atoms. The monoisotopic (exact) mass is 269 g/mol. The van der Waals surface area contributed by atoms with E-state index in [9.17, 15) is 0 Å². The van der Waals surface area contributed by atoms with Crippen molar-refractivity contribution < 1.29 is 9.15 Å². The summed E-state index contributed by atoms with van der Waals surface area (Å²) in [4.78, 5) is 4.40. The van der Waals surface area contributed by atoms with Gasteiger partial charge in [0, 0.05) is 13.5 Å². The van der Waals surface area contributed by atoms with Crippen molar-refractivity contribution in [3.05, 3.63) is 28.1 Å². The van der Waals surface area contributed by atoms with Crippen LogP contribution in [0.4, 0.5) is 0 Å². The van der Waals surface area contributed by atoms with Crippen molar-refractivity contribution in [1.82, 2.24) is 4.98 Å². The number of benzene rings is 1. The number of aryl methyl sites for hydroxylation is 1. The van der Waals surface area contributed by atoms with Crippen molar-refractivity contribution in [3.63, 3.8) is 0 Å². The Kier molecular flexibility index (Phi) is 3.07. The second-order valence-corrected chi connectivity index (χ2v) is 4.30. The lowest BCUT2D eigenvalue weighted by Crippen LogP contribution is -1.93. The fourth-order valence-electron chi connectivity index (χ4n) is 1.47. The molecule has 0 radical (unpaired) electrons. The minimum absolute atomic E-state index is 0.628. The first-order valence-corrected chi connectivity index (χ1v) is 5.54. The summed E-state index contributed by atoms with van der Waals surface area (Å²) in [6, 6.07) is 4.04. The Labute approximate surface area is 96.6 Å². The van der Waals surface area contributed by atoms with Crippen LogP contribution in [0.1, 0.15) is 11.5 Å². The largest absolute Gasteiger partial charge is 0.439 e. The zero-order valence-corrected chi connectivity index (χ0v) is 10.3. The van der Waals surface area contributed by atoms with Crippen molar-refractivity contribution in [2.24, 2.45) is 0 Å². The zero-order chi connectivity index (χ0) is 10.8. The van der Waals surface area contributed by atoms with E-state index in [1.54, 1.807) is 7.11 Å². The predicted molar refractivity (Wildman–Crippen MR) is 62.0 cm³/mol. The molecule has 0 saturated carbocycles. The van der Waals surface area contributed by atoms with Crippen LogP contribution in [-0.2, 0) is 11.2 Å². The van der Waals surface area contributed by atoms with Crippen LogP contribution in [0.15, 0.2) is 21.0 Å². The van der Waals surface area contributed by atoms with Crippen LogP contribution < -0.4 is 0 Å². The number of hydrogen-bond acceptors (Lipinski definition) is 3. The highest BCUT2D eigenvalue weighted by molar-refractivity contribution is 9.10. The average Bonchev–Trinajstić information content (AvgIpc) is 2.57. The highest BCUT2D eigenvalue weighted by atomic mass is 79.9. The Hall–Kier alpha value is -0.870. The molecule has 4 heteroatoms. The third-order valence-electron chi connectivity index (χ3n) is 2.15. The fraction of sp³-hybridized carbons (Fsp3) is 0.364. The molecule has 1 heterocycles. The van der Waals surface area contributed by atoms with E-state index < -0.39 is 0 Å². The van der Waals surface area contributed by atoms with E-state index in [4.69, 9.17) is 9.15 Å². The molecule has 0 aliphatic rings. The van der Waals surface area contributed by atoms with Gasteiger partial charge in [0.25, 0.3) is 0 Å². The molecule has 0 saturated heterocycles. The first-order valence-electron chi connectivity index (χ1n) is 4.75. The number of oxazole rings is 1. The van der Waals surface area contributed by atoms with Crippen molar-refractivity contribution >= 4 is 27.0 Å². The van der Waals surface area contributed by atoms with Gasteiger partial charge in [-0.25, -0.2) is 4.98 Å². The number of ether oxygens (including phenoxy) is 1. The standard InChI is InChI=1S/C11H12BrNO2/c1-7-5-8(12)11-9(6-7)13-10(15-11)3-4-14-2/h5-6H,3-4H2,1-2H3. The van der Waals surface area contributed by atoms with Crippen molar-refractivity contribution in [2.45, 2.75) is 13.3 Å². The number of aromatic nitrogens is 1. The van der Waals surface area contributed by atoms with E-state index in [1.807, 2.05) is 19.1 Å². The molecule has 2 aromatic rings. The van der Waals surface area contributed by atoms with Gasteiger partial charge in [-0.2, -0.15) is 0 Å². The number of fused-ring (bicyclic) bond motifs is 1. The van der Waals surface area contributed by atoms with E-state index in [0.29, 0.717) is 13.0 Å². The molecular weight excluding hydrogens is 258 g/mol. The fourth-order valence-corrected chi connectivity index (χ4v) is 2.11. The maximum atomic E-state index is 5.62. The maximum absolute atomic E-state index is 5.62. The topological polar surface area (TPSA) is 35.3 Å². The second-order valence-electron chi connectivity index (χ2n) is 3.45. The van der Waals surface area contributed by atoms with Gasteiger partial charge in [0.15, 0.2) is 11.5 Å². The molecule has 15 heavy (non-hydrogen) atoms. The van der Waals surface area contributed by atoms with Crippen LogP contribution in [0, 0.1) is 6.92 Å². The minimum Gasteiger partial charge on any atom is -0.439 e. The van der Waals surface area contributed by atoms with E-state index in [2.05, 4.69) is 20.9 Å². The van der Waals surface area contributed by atoms with Gasteiger partial charge in [-0.1, -0.05) is 0 Å². The van der Waals surface area contributed by atoms with Crippen molar-refractivity contribution in [1.29, 1.82) is 0 Å². The summed E-state index contributed by atoms with van der Waals surface area (Å²) < 4.78 is 11.6. The minimum atomic E-state index is 0.628. The highest BCUT2D eigenvalue weighted by Crippen LogP contribution is 2.26. The number of nitrogens with zero attached hydrogens (tertiary/aromatic N) is 1. The molecule has 0 atom stereocenters. The summed E-state index contributed by atoms with van der Waals surface area (Å²) in [5.41, 5.74) is 2.88. The van der Waals surface area contributed by atoms with Crippen LogP contribution in [-0.4, -0.2) is 18.7 Å². The average molecular weight is 270 g/mol. The highest BCUT2D eigenvalue weighted by Gasteiger charge is 2.09. The first-order chi connectivity index (χ1) is 7.20. The number of rotatable bonds is 3. The quantitative estimate of drug-likeness (QED) is 0.859. The number of hydrogen-bond donors (Lipinski definition) is 0. The Morgan fingerprint density at radius 3 is 3.00 bits per heavy atom. The molecule has 0 fully saturated rings. The third-order valence-corrected chi connectivity index (χ3v) is 2.74. The Bertz CT molecular complexity index is 479. The molecular formula is C11H12BrNO2. The lowest BCUT2D eigenvalue weighted by atomic mass is 10.2. The lowest BCUT2D eigenvalue weighted by Gasteiger charge is -1.93. The lowest BCUT2D eigenvalue weighted by molar-refractivity contribution is 0.196. The van der Waals surface area contributed by atoms with E-state index in [-0.39, 0.29) is 0 Å². The summed E-state index contributed by atoms with van der Waals surface area (Å²) in [7, 11) is 1.67. The summed E-state index contributed by atoms with van der Waals surface area (Å²) >= 11 is 3.46. The Morgan fingerprint density at radius 1 is 1.47 bits per heavy atom. The SMILES string of the molecule is COCCc1nc2cc(C)cc(Br)c2o1. The van der Waals surface area contributed by atoms with E-state index >= 15 is 0 Å². The summed E-state index contributed by atoms with van der Waals surface area (Å²) in [5, 5.41) is 0. The number of methoxy groups -OCH3 is 1. The Balaban J connectivity index is 2.41. The van der Waals surface area contributed by atoms with Gasteiger partial charge in [-0.05, 0) is 40.5 Å². The van der Waals surface area contributed by atoms with Gasteiger partial charge in [-0.15, -0.1) is 0 Å². The van der Waals surface area contributed by atoms with Gasteiger partial charge in [0.2, 0.25) is 0 Å². The molecule has 0 spiro atoms. The summed E-state index contributed by atoms with van der Waals surface area (Å²) in [6.45, 7) is 2.66. The molecule has 2 rings (SSSR count). The molecule has 0 amide bonds. The molecule has 3 nitrogen and oxygen atoms in total.